The van der Waals surface area contributed by atoms with Crippen LogP contribution in [0.3, 0.4) is 0 Å². The molecule has 3 fully saturated rings. The second kappa shape index (κ2) is 6.02. The quantitative estimate of drug-likeness (QED) is 0.728. The lowest BCUT2D eigenvalue weighted by atomic mass is 9.61. The van der Waals surface area contributed by atoms with E-state index in [1.807, 2.05) is 6.92 Å². The molecule has 0 unspecified atom stereocenters. The molecular formula is C20H32O3. The zero-order valence-electron chi connectivity index (χ0n) is 14.8. The molecule has 2 aliphatic heterocycles. The Hall–Kier alpha value is -0.640. The second-order valence-electron chi connectivity index (χ2n) is 8.58. The predicted molar refractivity (Wildman–Crippen MR) is 92.0 cm³/mol. The van der Waals surface area contributed by atoms with E-state index < -0.39 is 11.7 Å². The first-order valence-electron chi connectivity index (χ1n) is 9.13. The van der Waals surface area contributed by atoms with Crippen LogP contribution in [0, 0.1) is 23.7 Å². The molecule has 0 spiro atoms. The van der Waals surface area contributed by atoms with E-state index in [4.69, 9.17) is 4.74 Å². The molecule has 3 nitrogen and oxygen atoms in total. The number of aliphatic hydroxyl groups is 2. The third-order valence-corrected chi connectivity index (χ3v) is 6.58. The molecule has 1 saturated carbocycles. The zero-order chi connectivity index (χ0) is 16.9. The van der Waals surface area contributed by atoms with E-state index in [0.29, 0.717) is 37.0 Å². The summed E-state index contributed by atoms with van der Waals surface area (Å²) < 4.78 is 6.43. The van der Waals surface area contributed by atoms with Crippen molar-refractivity contribution in [2.24, 2.45) is 23.7 Å². The van der Waals surface area contributed by atoms with Crippen LogP contribution in [0.2, 0.25) is 0 Å². The van der Waals surface area contributed by atoms with Gasteiger partial charge in [0.05, 0.1) is 23.9 Å². The van der Waals surface area contributed by atoms with Gasteiger partial charge in [-0.2, -0.15) is 0 Å². The molecule has 0 radical (unpaired) electrons. The van der Waals surface area contributed by atoms with Gasteiger partial charge in [0.15, 0.2) is 0 Å². The van der Waals surface area contributed by atoms with Crippen LogP contribution in [-0.2, 0) is 4.74 Å². The van der Waals surface area contributed by atoms with Gasteiger partial charge in [-0.3, -0.25) is 0 Å². The standard InChI is InChI=1S/C20H32O3/c1-11(2)14-7-6-12(3)17-16-10-13(4)15(21)8-9-20(5,22)19(23-16)18(14)17/h11,14-19,21-22H,3-4,6-10H2,1-2,5H3/t14-,15+,16+,17-,18-,19+,20+/m1/s1. The molecule has 2 bridgehead atoms. The summed E-state index contributed by atoms with van der Waals surface area (Å²) in [5.41, 5.74) is 1.19. The Morgan fingerprint density at radius 1 is 1.22 bits per heavy atom. The molecule has 2 saturated heterocycles. The van der Waals surface area contributed by atoms with Crippen molar-refractivity contribution in [2.45, 2.75) is 76.8 Å². The number of hydrogen-bond donors (Lipinski definition) is 2. The van der Waals surface area contributed by atoms with Crippen molar-refractivity contribution in [1.29, 1.82) is 0 Å². The van der Waals surface area contributed by atoms with Gasteiger partial charge in [0.1, 0.15) is 0 Å². The third-order valence-electron chi connectivity index (χ3n) is 6.58. The fourth-order valence-corrected chi connectivity index (χ4v) is 5.22. The number of rotatable bonds is 1. The van der Waals surface area contributed by atoms with E-state index in [1.165, 1.54) is 5.57 Å². The molecule has 0 aromatic carbocycles. The average Bonchev–Trinajstić information content (AvgIpc) is 2.86. The van der Waals surface area contributed by atoms with Gasteiger partial charge >= 0.3 is 0 Å². The fourth-order valence-electron chi connectivity index (χ4n) is 5.22. The number of aliphatic hydroxyl groups excluding tert-OH is 1. The first-order chi connectivity index (χ1) is 10.7. The van der Waals surface area contributed by atoms with Crippen LogP contribution in [-0.4, -0.2) is 34.1 Å². The fraction of sp³-hybridized carbons (Fsp3) is 0.800. The van der Waals surface area contributed by atoms with Gasteiger partial charge in [-0.05, 0) is 62.4 Å². The molecular weight excluding hydrogens is 288 g/mol. The van der Waals surface area contributed by atoms with Gasteiger partial charge in [0.25, 0.3) is 0 Å². The summed E-state index contributed by atoms with van der Waals surface area (Å²) in [7, 11) is 0. The van der Waals surface area contributed by atoms with Crippen molar-refractivity contribution >= 4 is 0 Å². The van der Waals surface area contributed by atoms with Gasteiger partial charge in [0.2, 0.25) is 0 Å². The Morgan fingerprint density at radius 2 is 1.91 bits per heavy atom. The summed E-state index contributed by atoms with van der Waals surface area (Å²) >= 11 is 0. The topological polar surface area (TPSA) is 49.7 Å². The van der Waals surface area contributed by atoms with Crippen LogP contribution < -0.4 is 0 Å². The molecule has 1 aliphatic carbocycles. The van der Waals surface area contributed by atoms with Crippen LogP contribution in [0.1, 0.15) is 52.9 Å². The van der Waals surface area contributed by atoms with E-state index in [1.54, 1.807) is 0 Å². The molecule has 7 atom stereocenters. The molecule has 23 heavy (non-hydrogen) atoms. The van der Waals surface area contributed by atoms with Crippen LogP contribution >= 0.6 is 0 Å². The highest BCUT2D eigenvalue weighted by atomic mass is 16.5. The molecule has 3 heteroatoms. The first-order valence-corrected chi connectivity index (χ1v) is 9.13. The molecule has 3 aliphatic rings. The molecule has 2 heterocycles. The number of hydrogen-bond acceptors (Lipinski definition) is 3. The minimum Gasteiger partial charge on any atom is -0.389 e. The Bertz CT molecular complexity index is 493. The van der Waals surface area contributed by atoms with Gasteiger partial charge in [0, 0.05) is 5.92 Å². The van der Waals surface area contributed by atoms with Crippen molar-refractivity contribution in [2.75, 3.05) is 0 Å². The maximum atomic E-state index is 11.1. The van der Waals surface area contributed by atoms with Gasteiger partial charge in [-0.15, -0.1) is 0 Å². The lowest BCUT2D eigenvalue weighted by Gasteiger charge is -2.44. The van der Waals surface area contributed by atoms with E-state index in [0.717, 1.165) is 18.4 Å². The Morgan fingerprint density at radius 3 is 2.57 bits per heavy atom. The van der Waals surface area contributed by atoms with Crippen LogP contribution in [0.15, 0.2) is 24.3 Å². The Labute approximate surface area is 140 Å². The van der Waals surface area contributed by atoms with Crippen molar-refractivity contribution < 1.29 is 14.9 Å². The minimum atomic E-state index is -0.909. The van der Waals surface area contributed by atoms with Crippen molar-refractivity contribution in [3.63, 3.8) is 0 Å². The van der Waals surface area contributed by atoms with Crippen molar-refractivity contribution in [1.82, 2.24) is 0 Å². The first kappa shape index (κ1) is 17.2. The summed E-state index contributed by atoms with van der Waals surface area (Å²) in [6.07, 6.45) is 3.27. The lowest BCUT2D eigenvalue weighted by Crippen LogP contribution is -2.48. The van der Waals surface area contributed by atoms with Crippen molar-refractivity contribution in [3.8, 4) is 0 Å². The third kappa shape index (κ3) is 2.92. The van der Waals surface area contributed by atoms with Gasteiger partial charge in [-0.25, -0.2) is 0 Å². The van der Waals surface area contributed by atoms with Crippen LogP contribution in [0.25, 0.3) is 0 Å². The highest BCUT2D eigenvalue weighted by Gasteiger charge is 2.56. The van der Waals surface area contributed by atoms with Gasteiger partial charge in [-0.1, -0.05) is 32.6 Å². The lowest BCUT2D eigenvalue weighted by molar-refractivity contribution is -0.117. The normalized spacial score (nSPS) is 47.9. The smallest absolute Gasteiger partial charge is 0.0900 e. The largest absolute Gasteiger partial charge is 0.389 e. The SMILES string of the molecule is C=C1CC[C@H](C(C)C)[C@@H]2[C@H]1[C@@H]1CC(=C)[C@@H](O)CC[C@](C)(O)[C@H]2O1. The Kier molecular flexibility index (Phi) is 4.50. The van der Waals surface area contributed by atoms with E-state index in [-0.39, 0.29) is 18.1 Å². The minimum absolute atomic E-state index is 0.00535. The summed E-state index contributed by atoms with van der Waals surface area (Å²) in [5.74, 6) is 1.76. The molecule has 2 N–H and O–H groups in total. The van der Waals surface area contributed by atoms with Crippen LogP contribution in [0.5, 0.6) is 0 Å². The summed E-state index contributed by atoms with van der Waals surface area (Å²) in [6, 6.07) is 0. The maximum absolute atomic E-state index is 11.1. The monoisotopic (exact) mass is 320 g/mol. The van der Waals surface area contributed by atoms with E-state index in [2.05, 4.69) is 27.0 Å². The molecule has 0 amide bonds. The number of fused-ring (bicyclic) bond motifs is 5. The molecule has 0 aromatic rings. The van der Waals surface area contributed by atoms with Crippen LogP contribution in [0.4, 0.5) is 0 Å². The molecule has 3 rings (SSSR count). The average molecular weight is 320 g/mol. The zero-order valence-corrected chi connectivity index (χ0v) is 14.8. The maximum Gasteiger partial charge on any atom is 0.0900 e. The summed E-state index contributed by atoms with van der Waals surface area (Å²) in [6.45, 7) is 14.9. The molecule has 0 aromatic heterocycles. The summed E-state index contributed by atoms with van der Waals surface area (Å²) in [5, 5.41) is 21.4. The van der Waals surface area contributed by atoms with Crippen molar-refractivity contribution in [3.05, 3.63) is 24.3 Å². The predicted octanol–water partition coefficient (Wildman–Crippen LogP) is 3.46. The van der Waals surface area contributed by atoms with E-state index >= 15 is 0 Å². The molecule has 130 valence electrons. The highest BCUT2D eigenvalue weighted by Crippen LogP contribution is 2.54. The summed E-state index contributed by atoms with van der Waals surface area (Å²) in [4.78, 5) is 0. The second-order valence-corrected chi connectivity index (χ2v) is 8.58. The number of ether oxygens (including phenoxy) is 1. The highest BCUT2D eigenvalue weighted by molar-refractivity contribution is 5.20. The van der Waals surface area contributed by atoms with E-state index in [9.17, 15) is 10.2 Å². The Balaban J connectivity index is 2.01. The van der Waals surface area contributed by atoms with Gasteiger partial charge < -0.3 is 14.9 Å².